The van der Waals surface area contributed by atoms with Crippen LogP contribution in [0.5, 0.6) is 0 Å². The van der Waals surface area contributed by atoms with Crippen LogP contribution in [-0.2, 0) is 6.54 Å². The van der Waals surface area contributed by atoms with Gasteiger partial charge in [-0.15, -0.1) is 5.10 Å². The van der Waals surface area contributed by atoms with Gasteiger partial charge in [0, 0.05) is 29.3 Å². The average Bonchev–Trinajstić information content (AvgIpc) is 3.61. The van der Waals surface area contributed by atoms with Crippen LogP contribution in [0, 0.1) is 11.6 Å². The van der Waals surface area contributed by atoms with Gasteiger partial charge in [-0.2, -0.15) is 0 Å². The molecule has 40 heavy (non-hydrogen) atoms. The minimum atomic E-state index is -0.898. The number of aromatic nitrogens is 3. The normalized spacial score (nSPS) is 23.1. The van der Waals surface area contributed by atoms with Crippen molar-refractivity contribution in [2.24, 2.45) is 5.73 Å². The molecule has 3 atom stereocenters. The van der Waals surface area contributed by atoms with Crippen molar-refractivity contribution in [1.29, 1.82) is 0 Å². The van der Waals surface area contributed by atoms with Crippen molar-refractivity contribution in [2.45, 2.75) is 68.8 Å². The molecule has 3 fully saturated rings. The van der Waals surface area contributed by atoms with Gasteiger partial charge >= 0.3 is 0 Å². The number of hydrogen-bond acceptors (Lipinski definition) is 5. The van der Waals surface area contributed by atoms with Crippen molar-refractivity contribution in [3.8, 4) is 22.3 Å². The fourth-order valence-corrected chi connectivity index (χ4v) is 7.00. The Morgan fingerprint density at radius 1 is 1.10 bits per heavy atom. The first-order valence-electron chi connectivity index (χ1n) is 13.6. The number of carbonyl (C=O) groups is 1. The van der Waals surface area contributed by atoms with Crippen molar-refractivity contribution in [3.05, 3.63) is 70.8 Å². The molecule has 7 rings (SSSR count). The zero-order chi connectivity index (χ0) is 27.8. The highest BCUT2D eigenvalue weighted by atomic mass is 35.5. The lowest BCUT2D eigenvalue weighted by Gasteiger charge is -2.36. The minimum Gasteiger partial charge on any atom is -0.388 e. The Morgan fingerprint density at radius 2 is 1.93 bits per heavy atom. The fourth-order valence-electron chi connectivity index (χ4n) is 6.71. The van der Waals surface area contributed by atoms with Crippen LogP contribution in [0.1, 0.15) is 48.9 Å². The largest absolute Gasteiger partial charge is 0.388 e. The van der Waals surface area contributed by atoms with Crippen LogP contribution in [0.15, 0.2) is 48.5 Å². The summed E-state index contributed by atoms with van der Waals surface area (Å²) in [5, 5.41) is 18.8. The number of nitrogens with zero attached hydrogens (tertiary/aromatic N) is 4. The Bertz CT molecular complexity index is 1670. The van der Waals surface area contributed by atoms with Gasteiger partial charge in [-0.3, -0.25) is 4.79 Å². The Balaban J connectivity index is 1.34. The van der Waals surface area contributed by atoms with Gasteiger partial charge in [0.15, 0.2) is 5.82 Å². The maximum absolute atomic E-state index is 16.0. The predicted octanol–water partition coefficient (Wildman–Crippen LogP) is 5.32. The molecule has 0 spiro atoms. The van der Waals surface area contributed by atoms with Gasteiger partial charge in [-0.25, -0.2) is 13.5 Å². The van der Waals surface area contributed by atoms with E-state index in [1.807, 2.05) is 4.90 Å². The van der Waals surface area contributed by atoms with Crippen LogP contribution >= 0.6 is 11.6 Å². The third-order valence-corrected chi connectivity index (χ3v) is 9.26. The molecule has 2 bridgehead atoms. The molecule has 3 heterocycles. The van der Waals surface area contributed by atoms with Crippen LogP contribution < -0.4 is 5.73 Å². The molecule has 3 aliphatic rings. The lowest BCUT2D eigenvalue weighted by atomic mass is 9.80. The quantitative estimate of drug-likeness (QED) is 0.343. The molecule has 1 amide bonds. The summed E-state index contributed by atoms with van der Waals surface area (Å²) in [6, 6.07) is 12.7. The Labute approximate surface area is 234 Å². The fraction of sp³-hybridized carbons (Fsp3) is 0.367. The number of fused-ring (bicyclic) bond motifs is 3. The Kier molecular flexibility index (Phi) is 5.96. The summed E-state index contributed by atoms with van der Waals surface area (Å²) in [5.74, 6) is -1.26. The van der Waals surface area contributed by atoms with Gasteiger partial charge in [0.25, 0.3) is 5.91 Å². The van der Waals surface area contributed by atoms with Crippen LogP contribution in [0.25, 0.3) is 33.3 Å². The van der Waals surface area contributed by atoms with Crippen molar-refractivity contribution in [3.63, 3.8) is 0 Å². The van der Waals surface area contributed by atoms with Crippen molar-refractivity contribution >= 4 is 28.5 Å². The van der Waals surface area contributed by atoms with E-state index in [2.05, 4.69) is 10.3 Å². The summed E-state index contributed by atoms with van der Waals surface area (Å²) >= 11 is 6.57. The highest BCUT2D eigenvalue weighted by Gasteiger charge is 2.47. The summed E-state index contributed by atoms with van der Waals surface area (Å²) in [6.07, 6.45) is 4.80. The lowest BCUT2D eigenvalue weighted by molar-refractivity contribution is -0.0492. The number of benzene rings is 3. The van der Waals surface area contributed by atoms with Gasteiger partial charge in [0.2, 0.25) is 0 Å². The molecule has 3 N–H and O–H groups in total. The van der Waals surface area contributed by atoms with Crippen molar-refractivity contribution in [1.82, 2.24) is 19.9 Å². The van der Waals surface area contributed by atoms with E-state index >= 15 is 4.39 Å². The van der Waals surface area contributed by atoms with Gasteiger partial charge in [0.1, 0.15) is 21.9 Å². The molecule has 0 radical (unpaired) electrons. The second-order valence-electron chi connectivity index (χ2n) is 11.4. The van der Waals surface area contributed by atoms with Crippen molar-refractivity contribution in [2.75, 3.05) is 0 Å². The smallest absolute Gasteiger partial charge is 0.254 e. The van der Waals surface area contributed by atoms with E-state index in [1.165, 1.54) is 16.8 Å². The molecule has 2 aliphatic heterocycles. The first-order valence-corrected chi connectivity index (χ1v) is 14.0. The first-order chi connectivity index (χ1) is 19.2. The van der Waals surface area contributed by atoms with Gasteiger partial charge < -0.3 is 15.7 Å². The maximum atomic E-state index is 16.0. The minimum absolute atomic E-state index is 0.00839. The Morgan fingerprint density at radius 3 is 2.60 bits per heavy atom. The summed E-state index contributed by atoms with van der Waals surface area (Å²) in [6.45, 7) is 0.176. The number of carbonyl (C=O) groups excluding carboxylic acids is 1. The number of rotatable bonds is 5. The molecule has 4 aromatic rings. The van der Waals surface area contributed by atoms with E-state index < -0.39 is 17.2 Å². The van der Waals surface area contributed by atoms with Crippen LogP contribution in [0.2, 0.25) is 5.02 Å². The highest BCUT2D eigenvalue weighted by molar-refractivity contribution is 6.35. The second kappa shape index (κ2) is 9.33. The molecule has 1 aliphatic carbocycles. The molecule has 7 nitrogen and oxygen atoms in total. The molecule has 3 aromatic carbocycles. The summed E-state index contributed by atoms with van der Waals surface area (Å²) in [4.78, 5) is 15.5. The zero-order valence-corrected chi connectivity index (χ0v) is 22.4. The molecular weight excluding hydrogens is 536 g/mol. The van der Waals surface area contributed by atoms with Gasteiger partial charge in [0.05, 0.1) is 12.1 Å². The zero-order valence-electron chi connectivity index (χ0n) is 21.7. The van der Waals surface area contributed by atoms with E-state index in [0.717, 1.165) is 25.7 Å². The predicted molar refractivity (Wildman–Crippen MR) is 148 cm³/mol. The number of halogens is 3. The summed E-state index contributed by atoms with van der Waals surface area (Å²) < 4.78 is 31.8. The van der Waals surface area contributed by atoms with Crippen molar-refractivity contribution < 1.29 is 18.7 Å². The Hall–Kier alpha value is -3.40. The second-order valence-corrected chi connectivity index (χ2v) is 11.8. The third kappa shape index (κ3) is 4.02. The maximum Gasteiger partial charge on any atom is 0.254 e. The molecular formula is C30H28ClF2N5O2. The molecule has 1 saturated carbocycles. The standard InChI is InChI=1S/C30H28ClF2N5O2/c31-26-27(33)22(14-24-28(26)37(36-35-24)15-30(40)9-2-10-30)20-7-5-17(12-21(20)16-3-1-4-18(32)11-16)29(39)38-19-6-8-25(38)23(34)13-19/h1,3-5,7,11-12,14,19,23,25,40H,2,6,8-10,13,15,34H2/t19-,23+,25+/m1/s1. The summed E-state index contributed by atoms with van der Waals surface area (Å²) in [7, 11) is 0. The molecule has 10 heteroatoms. The van der Waals surface area contributed by atoms with E-state index in [0.29, 0.717) is 46.1 Å². The molecule has 206 valence electrons. The van der Waals surface area contributed by atoms with E-state index in [-0.39, 0.29) is 41.2 Å². The topological polar surface area (TPSA) is 97.3 Å². The SMILES string of the molecule is N[C@H]1C[C@H]2CC[C@@H]1N2C(=O)c1ccc(-c2cc3nnn(CC4(O)CCC4)c3c(Cl)c2F)c(-c2cccc(F)c2)c1. The van der Waals surface area contributed by atoms with Crippen LogP contribution in [0.4, 0.5) is 8.78 Å². The van der Waals surface area contributed by atoms with Crippen LogP contribution in [0.3, 0.4) is 0 Å². The average molecular weight is 564 g/mol. The van der Waals surface area contributed by atoms with E-state index in [9.17, 15) is 14.3 Å². The first kappa shape index (κ1) is 25.6. The number of nitrogens with two attached hydrogens (primary N) is 1. The summed E-state index contributed by atoms with van der Waals surface area (Å²) in [5.41, 5.74) is 8.08. The van der Waals surface area contributed by atoms with Crippen LogP contribution in [-0.4, -0.2) is 54.6 Å². The van der Waals surface area contributed by atoms with Gasteiger partial charge in [-0.05, 0) is 85.5 Å². The number of aliphatic hydroxyl groups is 1. The number of hydrogen-bond donors (Lipinski definition) is 2. The monoisotopic (exact) mass is 563 g/mol. The van der Waals surface area contributed by atoms with E-state index in [4.69, 9.17) is 17.3 Å². The molecule has 0 unspecified atom stereocenters. The highest BCUT2D eigenvalue weighted by Crippen LogP contribution is 2.42. The molecule has 2 saturated heterocycles. The van der Waals surface area contributed by atoms with Gasteiger partial charge in [-0.1, -0.05) is 35.0 Å². The lowest BCUT2D eigenvalue weighted by Crippen LogP contribution is -2.41. The number of amides is 1. The molecule has 1 aromatic heterocycles. The third-order valence-electron chi connectivity index (χ3n) is 8.92. The van der Waals surface area contributed by atoms with E-state index in [1.54, 1.807) is 36.4 Å².